The molecule has 0 aliphatic heterocycles. The fourth-order valence-corrected chi connectivity index (χ4v) is 6.20. The lowest BCUT2D eigenvalue weighted by molar-refractivity contribution is 0.0715. The predicted molar refractivity (Wildman–Crippen MR) is 144 cm³/mol. The van der Waals surface area contributed by atoms with Gasteiger partial charge in [0.15, 0.2) is 22.2 Å². The zero-order valence-corrected chi connectivity index (χ0v) is 22.9. The molecular formula is C26H23ClF3N5O5S. The minimum absolute atomic E-state index is 0.0376. The van der Waals surface area contributed by atoms with Crippen LogP contribution >= 0.6 is 11.6 Å². The monoisotopic (exact) mass is 609 g/mol. The first-order valence-electron chi connectivity index (χ1n) is 12.4. The number of sulfonamides is 1. The molecule has 4 aromatic rings. The van der Waals surface area contributed by atoms with E-state index in [0.29, 0.717) is 12.8 Å². The lowest BCUT2D eigenvalue weighted by Gasteiger charge is -2.28. The molecule has 10 nitrogen and oxygen atoms in total. The number of ether oxygens (including phenoxy) is 1. The van der Waals surface area contributed by atoms with Crippen LogP contribution in [0.15, 0.2) is 41.4 Å². The molecule has 2 unspecified atom stereocenters. The first-order valence-corrected chi connectivity index (χ1v) is 14.2. The number of rotatable bonds is 7. The Hall–Kier alpha value is -3.88. The van der Waals surface area contributed by atoms with Crippen LogP contribution in [0.2, 0.25) is 5.02 Å². The third-order valence-corrected chi connectivity index (χ3v) is 8.38. The Morgan fingerprint density at radius 1 is 1.15 bits per heavy atom. The van der Waals surface area contributed by atoms with E-state index in [1.54, 1.807) is 0 Å². The van der Waals surface area contributed by atoms with Gasteiger partial charge in [-0.2, -0.15) is 5.10 Å². The van der Waals surface area contributed by atoms with Gasteiger partial charge >= 0.3 is 0 Å². The summed E-state index contributed by atoms with van der Waals surface area (Å²) in [7, 11) is -3.36. The lowest BCUT2D eigenvalue weighted by Crippen LogP contribution is -2.45. The number of carbonyl (C=O) groups is 1. The molecule has 0 spiro atoms. The van der Waals surface area contributed by atoms with Crippen molar-refractivity contribution in [3.63, 3.8) is 0 Å². The minimum Gasteiger partial charge on any atom is -0.480 e. The Morgan fingerprint density at radius 2 is 1.90 bits per heavy atom. The Bertz CT molecular complexity index is 1770. The topological polar surface area (TPSA) is 146 Å². The molecule has 4 N–H and O–H groups in total. The molecule has 1 amide bonds. The summed E-state index contributed by atoms with van der Waals surface area (Å²) in [6.45, 7) is 0. The van der Waals surface area contributed by atoms with E-state index in [0.717, 1.165) is 43.3 Å². The molecule has 1 fully saturated rings. The third kappa shape index (κ3) is 5.42. The fraction of sp³-hybridized carbons (Fsp3) is 0.269. The van der Waals surface area contributed by atoms with Crippen molar-refractivity contribution in [2.75, 3.05) is 11.8 Å². The number of nitrogens with one attached hydrogen (secondary N) is 3. The van der Waals surface area contributed by atoms with Gasteiger partial charge in [-0.1, -0.05) is 30.5 Å². The van der Waals surface area contributed by atoms with Crippen LogP contribution in [-0.2, 0) is 10.0 Å². The standard InChI is InChI=1S/C26H23ClF3N5O5S/c1-40-26-19(10-12(27)11-31-26)41(38,39)35-17-9-8-15(28)20(22(17)30)13-6-7-14-23(21(13)29)33-34-24(14)25(37)32-16-4-2-3-5-18(16)36/h6-11,16,18,35-36H,2-5H2,1H3,(H,32,37)(H,33,34). The number of benzene rings is 2. The molecule has 2 heterocycles. The van der Waals surface area contributed by atoms with Crippen molar-refractivity contribution < 1.29 is 36.2 Å². The molecule has 0 bridgehead atoms. The molecule has 1 aliphatic rings. The number of nitrogens with zero attached hydrogens (tertiary/aromatic N) is 2. The maximum Gasteiger partial charge on any atom is 0.272 e. The van der Waals surface area contributed by atoms with Crippen LogP contribution in [0.25, 0.3) is 22.0 Å². The van der Waals surface area contributed by atoms with E-state index in [9.17, 15) is 22.7 Å². The van der Waals surface area contributed by atoms with Crippen LogP contribution in [0, 0.1) is 17.5 Å². The number of carbonyl (C=O) groups excluding carboxylic acids is 1. The maximum absolute atomic E-state index is 15.6. The summed E-state index contributed by atoms with van der Waals surface area (Å²) in [6.07, 6.45) is 3.23. The van der Waals surface area contributed by atoms with E-state index in [2.05, 4.69) is 20.5 Å². The highest BCUT2D eigenvalue weighted by Gasteiger charge is 2.29. The highest BCUT2D eigenvalue weighted by Crippen LogP contribution is 2.36. The Morgan fingerprint density at radius 3 is 2.63 bits per heavy atom. The number of anilines is 1. The highest BCUT2D eigenvalue weighted by molar-refractivity contribution is 7.92. The first kappa shape index (κ1) is 28.6. The van der Waals surface area contributed by atoms with Crippen molar-refractivity contribution in [1.82, 2.24) is 20.5 Å². The molecule has 1 aliphatic carbocycles. The number of aliphatic hydroxyl groups is 1. The molecular weight excluding hydrogens is 587 g/mol. The van der Waals surface area contributed by atoms with Crippen LogP contribution in [0.4, 0.5) is 18.9 Å². The van der Waals surface area contributed by atoms with Crippen LogP contribution < -0.4 is 14.8 Å². The van der Waals surface area contributed by atoms with Crippen LogP contribution in [0.5, 0.6) is 5.88 Å². The Kier molecular flexibility index (Phi) is 7.81. The number of methoxy groups -OCH3 is 1. The average molecular weight is 610 g/mol. The summed E-state index contributed by atoms with van der Waals surface area (Å²) in [5.74, 6) is -4.66. The van der Waals surface area contributed by atoms with Gasteiger partial charge in [-0.15, -0.1) is 0 Å². The van der Waals surface area contributed by atoms with Crippen molar-refractivity contribution in [2.45, 2.75) is 42.7 Å². The summed E-state index contributed by atoms with van der Waals surface area (Å²) in [6, 6.07) is 4.49. The van der Waals surface area contributed by atoms with Gasteiger partial charge in [0.2, 0.25) is 5.88 Å². The van der Waals surface area contributed by atoms with E-state index < -0.39 is 67.2 Å². The second kappa shape index (κ2) is 11.2. The van der Waals surface area contributed by atoms with Gasteiger partial charge in [-0.25, -0.2) is 26.6 Å². The van der Waals surface area contributed by atoms with Crippen molar-refractivity contribution in [3.05, 3.63) is 64.7 Å². The second-order valence-corrected chi connectivity index (χ2v) is 11.5. The van der Waals surface area contributed by atoms with Gasteiger partial charge < -0.3 is 15.2 Å². The number of hydrogen-bond acceptors (Lipinski definition) is 7. The lowest BCUT2D eigenvalue weighted by atomic mass is 9.92. The number of aromatic nitrogens is 3. The molecule has 5 rings (SSSR count). The Balaban J connectivity index is 1.50. The summed E-state index contributed by atoms with van der Waals surface area (Å²) < 4.78 is 79.1. The molecule has 1 saturated carbocycles. The average Bonchev–Trinajstić information content (AvgIpc) is 3.38. The summed E-state index contributed by atoms with van der Waals surface area (Å²) in [4.78, 5) is 16.1. The van der Waals surface area contributed by atoms with Crippen molar-refractivity contribution in [3.8, 4) is 17.0 Å². The second-order valence-electron chi connectivity index (χ2n) is 9.40. The van der Waals surface area contributed by atoms with Crippen molar-refractivity contribution in [2.24, 2.45) is 0 Å². The van der Waals surface area contributed by atoms with Gasteiger partial charge in [0.1, 0.15) is 11.3 Å². The first-order chi connectivity index (χ1) is 19.5. The van der Waals surface area contributed by atoms with Gasteiger partial charge in [0.05, 0.1) is 35.5 Å². The van der Waals surface area contributed by atoms with Gasteiger partial charge in [0.25, 0.3) is 15.9 Å². The highest BCUT2D eigenvalue weighted by atomic mass is 35.5. The predicted octanol–water partition coefficient (Wildman–Crippen LogP) is 4.54. The maximum atomic E-state index is 15.6. The fourth-order valence-electron chi connectivity index (χ4n) is 4.77. The number of aliphatic hydroxyl groups excluding tert-OH is 1. The summed E-state index contributed by atoms with van der Waals surface area (Å²) in [5, 5.41) is 19.1. The third-order valence-electron chi connectivity index (χ3n) is 6.81. The molecule has 2 atom stereocenters. The molecule has 2 aromatic carbocycles. The number of amides is 1. The van der Waals surface area contributed by atoms with Crippen LogP contribution in [0.3, 0.4) is 0 Å². The number of halogens is 4. The quantitative estimate of drug-likeness (QED) is 0.241. The van der Waals surface area contributed by atoms with Crippen LogP contribution in [0.1, 0.15) is 36.2 Å². The Labute approximate surface area is 236 Å². The van der Waals surface area contributed by atoms with E-state index in [1.165, 1.54) is 13.2 Å². The molecule has 0 radical (unpaired) electrons. The van der Waals surface area contributed by atoms with Gasteiger partial charge in [0, 0.05) is 17.1 Å². The van der Waals surface area contributed by atoms with E-state index in [-0.39, 0.29) is 27.5 Å². The van der Waals surface area contributed by atoms with E-state index in [4.69, 9.17) is 16.3 Å². The summed E-state index contributed by atoms with van der Waals surface area (Å²) in [5.41, 5.74) is -2.54. The van der Waals surface area contributed by atoms with E-state index in [1.807, 2.05) is 4.72 Å². The van der Waals surface area contributed by atoms with Gasteiger partial charge in [-0.3, -0.25) is 14.6 Å². The molecule has 0 saturated heterocycles. The molecule has 2 aromatic heterocycles. The van der Waals surface area contributed by atoms with Crippen LogP contribution in [-0.4, -0.2) is 53.9 Å². The number of aromatic amines is 1. The number of hydrogen-bond donors (Lipinski definition) is 4. The smallest absolute Gasteiger partial charge is 0.272 e. The SMILES string of the molecule is COc1ncc(Cl)cc1S(=O)(=O)Nc1ccc(F)c(-c2ccc3c(C(=O)NC4CCCCC4O)n[nH]c3c2F)c1F. The zero-order valence-electron chi connectivity index (χ0n) is 21.3. The number of pyridine rings is 1. The minimum atomic E-state index is -4.54. The van der Waals surface area contributed by atoms with Crippen molar-refractivity contribution >= 4 is 44.1 Å². The molecule has 216 valence electrons. The largest absolute Gasteiger partial charge is 0.480 e. The molecule has 15 heteroatoms. The molecule has 41 heavy (non-hydrogen) atoms. The number of H-pyrrole nitrogens is 1. The number of fused-ring (bicyclic) bond motifs is 1. The normalized spacial score (nSPS) is 17.4. The summed E-state index contributed by atoms with van der Waals surface area (Å²) >= 11 is 5.86. The van der Waals surface area contributed by atoms with E-state index >= 15 is 8.78 Å². The zero-order chi connectivity index (χ0) is 29.5. The van der Waals surface area contributed by atoms with Gasteiger partial charge in [-0.05, 0) is 37.1 Å². The van der Waals surface area contributed by atoms with Crippen molar-refractivity contribution in [1.29, 1.82) is 0 Å².